The first kappa shape index (κ1) is 19.1. The molecule has 1 heterocycles. The Bertz CT molecular complexity index is 954. The molecule has 7 nitrogen and oxygen atoms in total. The SMILES string of the molecule is O=C(Nc1ccc(Cl)c(Cl)c1)[C@@H]1CC(=O)N(c2ccc(F)c([N+](=O)[O-])c2)C1. The van der Waals surface area contributed by atoms with Gasteiger partial charge in [-0.15, -0.1) is 0 Å². The van der Waals surface area contributed by atoms with Gasteiger partial charge < -0.3 is 10.2 Å². The van der Waals surface area contributed by atoms with Crippen molar-refractivity contribution in [3.8, 4) is 0 Å². The highest BCUT2D eigenvalue weighted by Gasteiger charge is 2.36. The molecular weight excluding hydrogens is 400 g/mol. The van der Waals surface area contributed by atoms with Crippen LogP contribution in [0.15, 0.2) is 36.4 Å². The summed E-state index contributed by atoms with van der Waals surface area (Å²) < 4.78 is 13.5. The second-order valence-corrected chi connectivity index (χ2v) is 6.73. The van der Waals surface area contributed by atoms with E-state index in [1.165, 1.54) is 23.1 Å². The fourth-order valence-electron chi connectivity index (χ4n) is 2.76. The molecule has 0 aliphatic carbocycles. The normalized spacial score (nSPS) is 16.5. The van der Waals surface area contributed by atoms with E-state index in [1.807, 2.05) is 0 Å². The molecule has 1 N–H and O–H groups in total. The van der Waals surface area contributed by atoms with Gasteiger partial charge in [0.05, 0.1) is 26.6 Å². The van der Waals surface area contributed by atoms with E-state index in [4.69, 9.17) is 23.2 Å². The summed E-state index contributed by atoms with van der Waals surface area (Å²) in [6, 6.07) is 7.75. The zero-order valence-electron chi connectivity index (χ0n) is 13.6. The molecule has 0 spiro atoms. The summed E-state index contributed by atoms with van der Waals surface area (Å²) in [7, 11) is 0. The van der Waals surface area contributed by atoms with Crippen molar-refractivity contribution >= 4 is 52.1 Å². The minimum absolute atomic E-state index is 0.0226. The molecule has 1 atom stereocenters. The van der Waals surface area contributed by atoms with E-state index in [1.54, 1.807) is 6.07 Å². The molecule has 1 saturated heterocycles. The molecule has 2 aromatic carbocycles. The Morgan fingerprint density at radius 3 is 2.63 bits per heavy atom. The zero-order chi connectivity index (χ0) is 19.7. The lowest BCUT2D eigenvalue weighted by atomic mass is 10.1. The number of anilines is 2. The molecule has 0 aromatic heterocycles. The average Bonchev–Trinajstić information content (AvgIpc) is 3.00. The molecule has 27 heavy (non-hydrogen) atoms. The van der Waals surface area contributed by atoms with Gasteiger partial charge in [0.2, 0.25) is 17.6 Å². The van der Waals surface area contributed by atoms with Gasteiger partial charge in [-0.2, -0.15) is 4.39 Å². The smallest absolute Gasteiger partial charge is 0.306 e. The maximum Gasteiger partial charge on any atom is 0.306 e. The Balaban J connectivity index is 1.75. The van der Waals surface area contributed by atoms with Crippen molar-refractivity contribution in [1.29, 1.82) is 0 Å². The second kappa shape index (κ2) is 7.50. The minimum Gasteiger partial charge on any atom is -0.326 e. The highest BCUT2D eigenvalue weighted by molar-refractivity contribution is 6.42. The molecule has 0 unspecified atom stereocenters. The highest BCUT2D eigenvalue weighted by Crippen LogP contribution is 2.31. The van der Waals surface area contributed by atoms with Gasteiger partial charge in [-0.3, -0.25) is 19.7 Å². The molecule has 1 fully saturated rings. The molecule has 0 radical (unpaired) electrons. The third-order valence-electron chi connectivity index (χ3n) is 4.12. The summed E-state index contributed by atoms with van der Waals surface area (Å²) in [5.74, 6) is -2.45. The number of hydrogen-bond donors (Lipinski definition) is 1. The van der Waals surface area contributed by atoms with Crippen LogP contribution in [0.25, 0.3) is 0 Å². The van der Waals surface area contributed by atoms with Crippen LogP contribution in [0.4, 0.5) is 21.5 Å². The number of carbonyl (C=O) groups excluding carboxylic acids is 2. The van der Waals surface area contributed by atoms with Crippen LogP contribution in [-0.4, -0.2) is 23.3 Å². The van der Waals surface area contributed by atoms with E-state index in [9.17, 15) is 24.1 Å². The van der Waals surface area contributed by atoms with Crippen molar-refractivity contribution < 1.29 is 18.9 Å². The molecule has 1 aliphatic rings. The van der Waals surface area contributed by atoms with Crippen LogP contribution in [-0.2, 0) is 9.59 Å². The van der Waals surface area contributed by atoms with Gasteiger partial charge in [-0.25, -0.2) is 0 Å². The van der Waals surface area contributed by atoms with Crippen molar-refractivity contribution in [2.45, 2.75) is 6.42 Å². The first-order valence-electron chi connectivity index (χ1n) is 7.76. The largest absolute Gasteiger partial charge is 0.326 e. The fraction of sp³-hybridized carbons (Fsp3) is 0.176. The lowest BCUT2D eigenvalue weighted by molar-refractivity contribution is -0.387. The van der Waals surface area contributed by atoms with Crippen molar-refractivity contribution in [3.05, 3.63) is 62.4 Å². The quantitative estimate of drug-likeness (QED) is 0.606. The van der Waals surface area contributed by atoms with Crippen LogP contribution in [0.1, 0.15) is 6.42 Å². The van der Waals surface area contributed by atoms with E-state index in [0.717, 1.165) is 12.1 Å². The predicted octanol–water partition coefficient (Wildman–Crippen LogP) is 4.03. The number of rotatable bonds is 4. The lowest BCUT2D eigenvalue weighted by Crippen LogP contribution is -2.28. The first-order chi connectivity index (χ1) is 12.8. The van der Waals surface area contributed by atoms with E-state index in [2.05, 4.69) is 5.32 Å². The van der Waals surface area contributed by atoms with Crippen molar-refractivity contribution in [2.75, 3.05) is 16.8 Å². The number of nitrogens with zero attached hydrogens (tertiary/aromatic N) is 2. The predicted molar refractivity (Wildman–Crippen MR) is 98.6 cm³/mol. The second-order valence-electron chi connectivity index (χ2n) is 5.92. The maximum atomic E-state index is 13.5. The molecule has 0 saturated carbocycles. The van der Waals surface area contributed by atoms with Crippen LogP contribution in [0.3, 0.4) is 0 Å². The van der Waals surface area contributed by atoms with Crippen LogP contribution >= 0.6 is 23.2 Å². The van der Waals surface area contributed by atoms with Crippen LogP contribution in [0, 0.1) is 21.8 Å². The number of amides is 2. The summed E-state index contributed by atoms with van der Waals surface area (Å²) in [5, 5.41) is 14.1. The summed E-state index contributed by atoms with van der Waals surface area (Å²) in [6.45, 7) is 0.0226. The topological polar surface area (TPSA) is 92.6 Å². The molecule has 2 aromatic rings. The third-order valence-corrected chi connectivity index (χ3v) is 4.86. The number of halogens is 3. The van der Waals surface area contributed by atoms with Gasteiger partial charge in [-0.05, 0) is 30.3 Å². The maximum absolute atomic E-state index is 13.5. The number of hydrogen-bond acceptors (Lipinski definition) is 4. The van der Waals surface area contributed by atoms with E-state index in [-0.39, 0.29) is 29.6 Å². The van der Waals surface area contributed by atoms with Gasteiger partial charge >= 0.3 is 5.69 Å². The Morgan fingerprint density at radius 2 is 1.96 bits per heavy atom. The monoisotopic (exact) mass is 411 g/mol. The Labute approximate surface area is 162 Å². The molecule has 10 heteroatoms. The molecule has 0 bridgehead atoms. The van der Waals surface area contributed by atoms with Gasteiger partial charge in [0, 0.05) is 24.7 Å². The van der Waals surface area contributed by atoms with Crippen LogP contribution < -0.4 is 10.2 Å². The Kier molecular flexibility index (Phi) is 5.29. The minimum atomic E-state index is -0.996. The summed E-state index contributed by atoms with van der Waals surface area (Å²) in [6.07, 6.45) is -0.0711. The summed E-state index contributed by atoms with van der Waals surface area (Å²) >= 11 is 11.7. The number of benzene rings is 2. The number of nitrogens with one attached hydrogen (secondary N) is 1. The number of carbonyl (C=O) groups is 2. The van der Waals surface area contributed by atoms with Gasteiger partial charge in [0.1, 0.15) is 0 Å². The van der Waals surface area contributed by atoms with Crippen molar-refractivity contribution in [1.82, 2.24) is 0 Å². The third kappa shape index (κ3) is 4.01. The Morgan fingerprint density at radius 1 is 1.22 bits per heavy atom. The molecule has 3 rings (SSSR count). The summed E-state index contributed by atoms with van der Waals surface area (Å²) in [5.41, 5.74) is -0.139. The van der Waals surface area contributed by atoms with E-state index >= 15 is 0 Å². The standard InChI is InChI=1S/C17H12Cl2FN3O4/c18-12-3-1-10(6-13(12)19)21-17(25)9-5-16(24)22(8-9)11-2-4-14(20)15(7-11)23(26)27/h1-4,6-7,9H,5,8H2,(H,21,25)/t9-/m1/s1. The highest BCUT2D eigenvalue weighted by atomic mass is 35.5. The average molecular weight is 412 g/mol. The molecule has 1 aliphatic heterocycles. The molecular formula is C17H12Cl2FN3O4. The van der Waals surface area contributed by atoms with Crippen molar-refractivity contribution in [2.24, 2.45) is 5.92 Å². The van der Waals surface area contributed by atoms with Crippen LogP contribution in [0.5, 0.6) is 0 Å². The molecule has 140 valence electrons. The van der Waals surface area contributed by atoms with E-state index in [0.29, 0.717) is 10.7 Å². The zero-order valence-corrected chi connectivity index (χ0v) is 15.1. The first-order valence-corrected chi connectivity index (χ1v) is 8.52. The number of nitro groups is 1. The van der Waals surface area contributed by atoms with Gasteiger partial charge in [-0.1, -0.05) is 23.2 Å². The fourth-order valence-corrected chi connectivity index (χ4v) is 3.06. The van der Waals surface area contributed by atoms with Gasteiger partial charge in [0.15, 0.2) is 0 Å². The molecule has 2 amide bonds. The lowest BCUT2D eigenvalue weighted by Gasteiger charge is -2.16. The summed E-state index contributed by atoms with van der Waals surface area (Å²) in [4.78, 5) is 35.9. The van der Waals surface area contributed by atoms with Gasteiger partial charge in [0.25, 0.3) is 0 Å². The van der Waals surface area contributed by atoms with Crippen LogP contribution in [0.2, 0.25) is 10.0 Å². The number of nitro benzene ring substituents is 1. The van der Waals surface area contributed by atoms with E-state index < -0.39 is 28.3 Å². The Hall–Kier alpha value is -2.71. The van der Waals surface area contributed by atoms with Crippen molar-refractivity contribution in [3.63, 3.8) is 0 Å².